The van der Waals surface area contributed by atoms with Crippen molar-refractivity contribution in [1.82, 2.24) is 10.3 Å². The van der Waals surface area contributed by atoms with E-state index < -0.39 is 5.60 Å². The molecule has 0 bridgehead atoms. The van der Waals surface area contributed by atoms with Gasteiger partial charge in [-0.25, -0.2) is 0 Å². The molecule has 0 aliphatic carbocycles. The Balaban J connectivity index is 2.43. The molecule has 14 heavy (non-hydrogen) atoms. The number of hydrogen-bond acceptors (Lipinski definition) is 3. The van der Waals surface area contributed by atoms with E-state index in [2.05, 4.69) is 10.3 Å². The molecule has 0 fully saturated rings. The van der Waals surface area contributed by atoms with Crippen molar-refractivity contribution >= 4 is 0 Å². The molecule has 0 radical (unpaired) electrons. The molecule has 1 aromatic rings. The zero-order chi connectivity index (χ0) is 10.6. The Morgan fingerprint density at radius 1 is 1.50 bits per heavy atom. The Labute approximate surface area is 85.2 Å². The number of nitrogens with zero attached hydrogens (tertiary/aromatic N) is 1. The summed E-state index contributed by atoms with van der Waals surface area (Å²) in [5, 5.41) is 12.7. The van der Waals surface area contributed by atoms with E-state index in [0.717, 1.165) is 12.2 Å². The number of aromatic nitrogens is 1. The van der Waals surface area contributed by atoms with Gasteiger partial charge in [0.1, 0.15) is 0 Å². The second kappa shape index (κ2) is 4.53. The van der Waals surface area contributed by atoms with E-state index >= 15 is 0 Å². The average molecular weight is 194 g/mol. The smallest absolute Gasteiger partial charge is 0.0715 e. The summed E-state index contributed by atoms with van der Waals surface area (Å²) < 4.78 is 0. The topological polar surface area (TPSA) is 45.2 Å². The van der Waals surface area contributed by atoms with Gasteiger partial charge in [-0.05, 0) is 32.4 Å². The Hall–Kier alpha value is -0.930. The third-order valence-corrected chi connectivity index (χ3v) is 1.99. The zero-order valence-corrected chi connectivity index (χ0v) is 9.04. The highest BCUT2D eigenvalue weighted by atomic mass is 16.3. The zero-order valence-electron chi connectivity index (χ0n) is 9.04. The van der Waals surface area contributed by atoms with Gasteiger partial charge in [-0.3, -0.25) is 4.98 Å². The lowest BCUT2D eigenvalue weighted by Gasteiger charge is -2.17. The minimum absolute atomic E-state index is 0.585. The lowest BCUT2D eigenvalue weighted by Crippen LogP contribution is -2.34. The SMILES string of the molecule is Cc1ncccc1CNCC(C)(C)O. The molecular formula is C11H18N2O. The molecule has 3 nitrogen and oxygen atoms in total. The highest BCUT2D eigenvalue weighted by molar-refractivity contribution is 5.17. The van der Waals surface area contributed by atoms with Gasteiger partial charge in [0.05, 0.1) is 5.60 Å². The molecule has 1 rings (SSSR count). The standard InChI is InChI=1S/C11H18N2O/c1-9-10(5-4-6-13-9)7-12-8-11(2,3)14/h4-6,12,14H,7-8H2,1-3H3. The fraction of sp³-hybridized carbons (Fsp3) is 0.545. The first kappa shape index (κ1) is 11.1. The summed E-state index contributed by atoms with van der Waals surface area (Å²) >= 11 is 0. The molecule has 0 spiro atoms. The molecule has 0 aromatic carbocycles. The third-order valence-electron chi connectivity index (χ3n) is 1.99. The van der Waals surface area contributed by atoms with Crippen LogP contribution >= 0.6 is 0 Å². The summed E-state index contributed by atoms with van der Waals surface area (Å²) in [7, 11) is 0. The molecule has 0 aliphatic heterocycles. The maximum atomic E-state index is 9.49. The van der Waals surface area contributed by atoms with Crippen LogP contribution in [0, 0.1) is 6.92 Å². The van der Waals surface area contributed by atoms with E-state index in [1.54, 1.807) is 20.0 Å². The molecule has 0 unspecified atom stereocenters. The molecular weight excluding hydrogens is 176 g/mol. The minimum Gasteiger partial charge on any atom is -0.389 e. The van der Waals surface area contributed by atoms with Crippen LogP contribution in [0.5, 0.6) is 0 Å². The van der Waals surface area contributed by atoms with Crippen LogP contribution in [0.1, 0.15) is 25.1 Å². The van der Waals surface area contributed by atoms with Crippen molar-refractivity contribution in [2.75, 3.05) is 6.54 Å². The van der Waals surface area contributed by atoms with Crippen molar-refractivity contribution in [3.05, 3.63) is 29.6 Å². The quantitative estimate of drug-likeness (QED) is 0.758. The fourth-order valence-corrected chi connectivity index (χ4v) is 1.21. The largest absolute Gasteiger partial charge is 0.389 e. The lowest BCUT2D eigenvalue weighted by molar-refractivity contribution is 0.0795. The molecule has 0 atom stereocenters. The predicted octanol–water partition coefficient (Wildman–Crippen LogP) is 1.25. The van der Waals surface area contributed by atoms with Crippen molar-refractivity contribution in [3.63, 3.8) is 0 Å². The number of hydrogen-bond donors (Lipinski definition) is 2. The van der Waals surface area contributed by atoms with Crippen molar-refractivity contribution in [2.24, 2.45) is 0 Å². The summed E-state index contributed by atoms with van der Waals surface area (Å²) in [6.45, 7) is 6.90. The predicted molar refractivity (Wildman–Crippen MR) is 57.0 cm³/mol. The van der Waals surface area contributed by atoms with Crippen LogP contribution in [-0.4, -0.2) is 22.2 Å². The fourth-order valence-electron chi connectivity index (χ4n) is 1.21. The average Bonchev–Trinajstić information content (AvgIpc) is 2.06. The maximum absolute atomic E-state index is 9.49. The number of nitrogens with one attached hydrogen (secondary N) is 1. The molecule has 1 heterocycles. The lowest BCUT2D eigenvalue weighted by atomic mass is 10.1. The van der Waals surface area contributed by atoms with Crippen molar-refractivity contribution < 1.29 is 5.11 Å². The van der Waals surface area contributed by atoms with E-state index in [1.165, 1.54) is 5.56 Å². The minimum atomic E-state index is -0.657. The monoisotopic (exact) mass is 194 g/mol. The first-order chi connectivity index (χ1) is 6.49. The van der Waals surface area contributed by atoms with Gasteiger partial charge in [0.15, 0.2) is 0 Å². The summed E-state index contributed by atoms with van der Waals surface area (Å²) in [4.78, 5) is 4.19. The Kier molecular flexibility index (Phi) is 3.61. The molecule has 3 heteroatoms. The van der Waals surface area contributed by atoms with E-state index in [0.29, 0.717) is 6.54 Å². The molecule has 1 aromatic heterocycles. The van der Waals surface area contributed by atoms with Crippen LogP contribution < -0.4 is 5.32 Å². The van der Waals surface area contributed by atoms with Gasteiger partial charge in [-0.2, -0.15) is 0 Å². The molecule has 78 valence electrons. The maximum Gasteiger partial charge on any atom is 0.0715 e. The summed E-state index contributed by atoms with van der Waals surface area (Å²) in [5.74, 6) is 0. The summed E-state index contributed by atoms with van der Waals surface area (Å²) in [5.41, 5.74) is 1.56. The molecule has 0 saturated carbocycles. The number of aliphatic hydroxyl groups is 1. The molecule has 2 N–H and O–H groups in total. The second-order valence-corrected chi connectivity index (χ2v) is 4.16. The van der Waals surface area contributed by atoms with Gasteiger partial charge < -0.3 is 10.4 Å². The van der Waals surface area contributed by atoms with Gasteiger partial charge >= 0.3 is 0 Å². The molecule has 0 aliphatic rings. The van der Waals surface area contributed by atoms with E-state index in [9.17, 15) is 5.11 Å². The van der Waals surface area contributed by atoms with Crippen LogP contribution in [0.2, 0.25) is 0 Å². The molecule has 0 saturated heterocycles. The highest BCUT2D eigenvalue weighted by Gasteiger charge is 2.11. The van der Waals surface area contributed by atoms with Gasteiger partial charge in [-0.15, -0.1) is 0 Å². The Morgan fingerprint density at radius 2 is 2.21 bits per heavy atom. The van der Waals surface area contributed by atoms with Crippen molar-refractivity contribution in [3.8, 4) is 0 Å². The first-order valence-electron chi connectivity index (χ1n) is 4.82. The Bertz CT molecular complexity index is 292. The van der Waals surface area contributed by atoms with Crippen LogP contribution in [0.25, 0.3) is 0 Å². The van der Waals surface area contributed by atoms with Crippen molar-refractivity contribution in [1.29, 1.82) is 0 Å². The van der Waals surface area contributed by atoms with E-state index in [4.69, 9.17) is 0 Å². The van der Waals surface area contributed by atoms with Gasteiger partial charge in [-0.1, -0.05) is 6.07 Å². The highest BCUT2D eigenvalue weighted by Crippen LogP contribution is 2.04. The Morgan fingerprint density at radius 3 is 2.79 bits per heavy atom. The first-order valence-corrected chi connectivity index (χ1v) is 4.82. The van der Waals surface area contributed by atoms with Gasteiger partial charge in [0.25, 0.3) is 0 Å². The summed E-state index contributed by atoms with van der Waals surface area (Å²) in [6.07, 6.45) is 1.79. The van der Waals surface area contributed by atoms with Gasteiger partial charge in [0.2, 0.25) is 0 Å². The third kappa shape index (κ3) is 3.85. The van der Waals surface area contributed by atoms with Crippen molar-refractivity contribution in [2.45, 2.75) is 32.9 Å². The summed E-state index contributed by atoms with van der Waals surface area (Å²) in [6, 6.07) is 3.97. The van der Waals surface area contributed by atoms with Crippen LogP contribution in [-0.2, 0) is 6.54 Å². The van der Waals surface area contributed by atoms with Gasteiger partial charge in [0, 0.05) is 25.0 Å². The number of pyridine rings is 1. The number of aryl methyl sites for hydroxylation is 1. The second-order valence-electron chi connectivity index (χ2n) is 4.16. The normalized spacial score (nSPS) is 11.7. The van der Waals surface area contributed by atoms with Crippen LogP contribution in [0.4, 0.5) is 0 Å². The molecule has 0 amide bonds. The number of rotatable bonds is 4. The van der Waals surface area contributed by atoms with E-state index in [1.807, 2.05) is 19.1 Å². The van der Waals surface area contributed by atoms with Crippen LogP contribution in [0.15, 0.2) is 18.3 Å². The van der Waals surface area contributed by atoms with E-state index in [-0.39, 0.29) is 0 Å². The van der Waals surface area contributed by atoms with Crippen LogP contribution in [0.3, 0.4) is 0 Å².